The lowest BCUT2D eigenvalue weighted by Crippen LogP contribution is -2.14. The Labute approximate surface area is 102 Å². The van der Waals surface area contributed by atoms with Crippen molar-refractivity contribution in [2.45, 2.75) is 18.7 Å². The highest BCUT2D eigenvalue weighted by atomic mass is 32.2. The van der Waals surface area contributed by atoms with Crippen LogP contribution in [-0.2, 0) is 9.53 Å². The monoisotopic (exact) mass is 266 g/mol. The molecule has 0 aromatic carbocycles. The van der Waals surface area contributed by atoms with Crippen LogP contribution >= 0.6 is 35.3 Å². The maximum atomic E-state index is 11.1. The number of esters is 1. The summed E-state index contributed by atoms with van der Waals surface area (Å²) in [7, 11) is 1.39. The van der Waals surface area contributed by atoms with Crippen molar-refractivity contribution in [2.75, 3.05) is 12.9 Å². The third-order valence-electron chi connectivity index (χ3n) is 1.48. The summed E-state index contributed by atoms with van der Waals surface area (Å²) in [6, 6.07) is 0. The molecule has 1 N–H and O–H groups in total. The van der Waals surface area contributed by atoms with E-state index in [9.17, 15) is 4.79 Å². The smallest absolute Gasteiger partial charge is 0.309 e. The summed E-state index contributed by atoms with van der Waals surface area (Å²) in [5.74, 6) is 0.335. The van der Waals surface area contributed by atoms with E-state index in [0.717, 1.165) is 4.34 Å². The molecule has 0 saturated carbocycles. The van der Waals surface area contributed by atoms with Gasteiger partial charge in [0.15, 0.2) is 8.29 Å². The second kappa shape index (κ2) is 6.97. The van der Waals surface area contributed by atoms with Crippen LogP contribution < -0.4 is 0 Å². The minimum atomic E-state index is -0.198. The molecule has 15 heavy (non-hydrogen) atoms. The lowest BCUT2D eigenvalue weighted by Gasteiger charge is -2.05. The molecular formula is C8H14N2O2S3. The molecule has 0 amide bonds. The molecule has 0 aliphatic heterocycles. The number of ether oxygens (including phenoxy) is 1. The average Bonchev–Trinajstić information content (AvgIpc) is 2.59. The second-order valence-corrected chi connectivity index (χ2v) is 5.55. The fraction of sp³-hybridized carbons (Fsp3) is 0.625. The van der Waals surface area contributed by atoms with E-state index in [2.05, 4.69) is 14.9 Å². The van der Waals surface area contributed by atoms with Gasteiger partial charge in [-0.15, -0.1) is 0 Å². The lowest BCUT2D eigenvalue weighted by atomic mass is 10.2. The number of nitrogens with zero attached hydrogens (tertiary/aromatic N) is 1. The van der Waals surface area contributed by atoms with Gasteiger partial charge in [-0.25, -0.2) is 0 Å². The molecule has 1 rings (SSSR count). The van der Waals surface area contributed by atoms with Crippen LogP contribution in [0.2, 0.25) is 0 Å². The number of hydrogen-bond donors (Lipinski definition) is 1. The van der Waals surface area contributed by atoms with Gasteiger partial charge in [0.05, 0.1) is 13.0 Å². The summed E-state index contributed by atoms with van der Waals surface area (Å²) in [5, 5.41) is 6.65. The van der Waals surface area contributed by atoms with Crippen molar-refractivity contribution in [2.24, 2.45) is 5.92 Å². The number of nitrogens with one attached hydrogen (secondary N) is 1. The molecular weight excluding hydrogens is 252 g/mol. The van der Waals surface area contributed by atoms with Gasteiger partial charge in [-0.2, -0.15) is 5.10 Å². The van der Waals surface area contributed by atoms with Crippen LogP contribution in [-0.4, -0.2) is 29.0 Å². The Morgan fingerprint density at radius 1 is 1.80 bits per heavy atom. The van der Waals surface area contributed by atoms with Crippen LogP contribution in [0.5, 0.6) is 0 Å². The first kappa shape index (κ1) is 14.6. The van der Waals surface area contributed by atoms with E-state index >= 15 is 0 Å². The molecule has 86 valence electrons. The summed E-state index contributed by atoms with van der Waals surface area (Å²) in [4.78, 5) is 11.1. The van der Waals surface area contributed by atoms with Crippen molar-refractivity contribution >= 4 is 41.3 Å². The Morgan fingerprint density at radius 2 is 2.47 bits per heavy atom. The minimum Gasteiger partial charge on any atom is -0.469 e. The van der Waals surface area contributed by atoms with Gasteiger partial charge in [0.2, 0.25) is 0 Å². The zero-order valence-electron chi connectivity index (χ0n) is 7.77. The van der Waals surface area contributed by atoms with Gasteiger partial charge in [0, 0.05) is 5.75 Å². The van der Waals surface area contributed by atoms with Crippen molar-refractivity contribution in [3.05, 3.63) is 3.95 Å². The number of aromatic amines is 1. The molecule has 0 saturated heterocycles. The number of carbonyl (C=O) groups is 1. The predicted octanol–water partition coefficient (Wildman–Crippen LogP) is 2.74. The highest BCUT2D eigenvalue weighted by Crippen LogP contribution is 2.22. The first-order valence-corrected chi connectivity index (χ1v) is 6.10. The fourth-order valence-electron chi connectivity index (χ4n) is 0.743. The Bertz CT molecular complexity index is 361. The van der Waals surface area contributed by atoms with Gasteiger partial charge < -0.3 is 4.74 Å². The molecule has 1 unspecified atom stereocenters. The van der Waals surface area contributed by atoms with Crippen molar-refractivity contribution in [3.8, 4) is 0 Å². The molecule has 0 radical (unpaired) electrons. The number of hydrogen-bond acceptors (Lipinski definition) is 6. The highest BCUT2D eigenvalue weighted by Gasteiger charge is 2.13. The maximum absolute atomic E-state index is 11.1. The first-order valence-electron chi connectivity index (χ1n) is 3.89. The zero-order valence-corrected chi connectivity index (χ0v) is 10.2. The van der Waals surface area contributed by atoms with E-state index in [4.69, 9.17) is 12.2 Å². The van der Waals surface area contributed by atoms with Crippen molar-refractivity contribution in [3.63, 3.8) is 0 Å². The molecule has 1 atom stereocenters. The number of H-pyrrole nitrogens is 1. The summed E-state index contributed by atoms with van der Waals surface area (Å²) >= 11 is 7.79. The SMILES string of the molecule is C.COC(=O)C(C)CSc1n[nH]c(=S)s1. The second-order valence-electron chi connectivity index (χ2n) is 2.61. The van der Waals surface area contributed by atoms with Gasteiger partial charge in [-0.05, 0) is 12.2 Å². The quantitative estimate of drug-likeness (QED) is 0.516. The van der Waals surface area contributed by atoms with Gasteiger partial charge in [-0.1, -0.05) is 37.4 Å². The molecule has 1 aromatic rings. The van der Waals surface area contributed by atoms with Crippen LogP contribution in [0, 0.1) is 9.87 Å². The van der Waals surface area contributed by atoms with E-state index in [1.165, 1.54) is 30.2 Å². The third-order valence-corrected chi connectivity index (χ3v) is 3.97. The molecule has 0 aliphatic rings. The predicted molar refractivity (Wildman–Crippen MR) is 65.9 cm³/mol. The maximum Gasteiger partial charge on any atom is 0.309 e. The Balaban J connectivity index is 0.00000196. The van der Waals surface area contributed by atoms with Crippen molar-refractivity contribution < 1.29 is 9.53 Å². The molecule has 1 heterocycles. The van der Waals surface area contributed by atoms with Gasteiger partial charge in [0.1, 0.15) is 0 Å². The number of thioether (sulfide) groups is 1. The Kier molecular flexibility index (Phi) is 6.78. The van der Waals surface area contributed by atoms with Crippen LogP contribution in [0.3, 0.4) is 0 Å². The summed E-state index contributed by atoms with van der Waals surface area (Å²) < 4.78 is 6.11. The lowest BCUT2D eigenvalue weighted by molar-refractivity contribution is -0.143. The highest BCUT2D eigenvalue weighted by molar-refractivity contribution is 8.01. The molecule has 0 bridgehead atoms. The van der Waals surface area contributed by atoms with Crippen molar-refractivity contribution in [1.29, 1.82) is 0 Å². The number of methoxy groups -OCH3 is 1. The number of aromatic nitrogens is 2. The topological polar surface area (TPSA) is 55.0 Å². The fourth-order valence-corrected chi connectivity index (χ4v) is 2.85. The van der Waals surface area contributed by atoms with Crippen LogP contribution in [0.1, 0.15) is 14.4 Å². The zero-order chi connectivity index (χ0) is 10.6. The minimum absolute atomic E-state index is 0. The van der Waals surface area contributed by atoms with Gasteiger partial charge in [-0.3, -0.25) is 9.89 Å². The van der Waals surface area contributed by atoms with Gasteiger partial charge >= 0.3 is 5.97 Å². The molecule has 1 aromatic heterocycles. The first-order chi connectivity index (χ1) is 6.63. The number of rotatable bonds is 4. The van der Waals surface area contributed by atoms with E-state index in [1.54, 1.807) is 0 Å². The molecule has 0 spiro atoms. The molecule has 4 nitrogen and oxygen atoms in total. The van der Waals surface area contributed by atoms with Gasteiger partial charge in [0.25, 0.3) is 0 Å². The van der Waals surface area contributed by atoms with Crippen molar-refractivity contribution in [1.82, 2.24) is 10.2 Å². The third kappa shape index (κ3) is 4.76. The molecule has 7 heteroatoms. The number of carbonyl (C=O) groups excluding carboxylic acids is 1. The largest absolute Gasteiger partial charge is 0.469 e. The molecule has 0 aliphatic carbocycles. The Morgan fingerprint density at radius 3 is 2.93 bits per heavy atom. The molecule has 0 fully saturated rings. The summed E-state index contributed by atoms with van der Waals surface area (Å²) in [6.07, 6.45) is 0. The van der Waals surface area contributed by atoms with Crippen LogP contribution in [0.15, 0.2) is 4.34 Å². The van der Waals surface area contributed by atoms with Crippen LogP contribution in [0.4, 0.5) is 0 Å². The van der Waals surface area contributed by atoms with E-state index in [1.807, 2.05) is 6.92 Å². The van der Waals surface area contributed by atoms with E-state index < -0.39 is 0 Å². The summed E-state index contributed by atoms with van der Waals surface area (Å²) in [5.41, 5.74) is 0. The summed E-state index contributed by atoms with van der Waals surface area (Å²) in [6.45, 7) is 1.82. The van der Waals surface area contributed by atoms with E-state index in [0.29, 0.717) is 9.71 Å². The van der Waals surface area contributed by atoms with Crippen LogP contribution in [0.25, 0.3) is 0 Å². The average molecular weight is 266 g/mol. The van der Waals surface area contributed by atoms with E-state index in [-0.39, 0.29) is 19.3 Å². The standard InChI is InChI=1S/C7H10N2O2S3.CH4/c1-4(5(10)11-2)3-13-7-9-8-6(12)14-7;/h4H,3H2,1-2H3,(H,8,12);1H4. The normalized spacial score (nSPS) is 11.6. The Hall–Kier alpha value is -0.400.